The Morgan fingerprint density at radius 3 is 3.05 bits per heavy atom. The quantitative estimate of drug-likeness (QED) is 0.911. The van der Waals surface area contributed by atoms with Gasteiger partial charge in [0.15, 0.2) is 0 Å². The van der Waals surface area contributed by atoms with Crippen LogP contribution in [0.25, 0.3) is 10.9 Å². The van der Waals surface area contributed by atoms with E-state index in [1.54, 1.807) is 7.11 Å². The maximum Gasteiger partial charge on any atom is 0.270 e. The number of methoxy groups -OCH3 is 1. The predicted molar refractivity (Wildman–Crippen MR) is 76.2 cm³/mol. The summed E-state index contributed by atoms with van der Waals surface area (Å²) in [6.07, 6.45) is 0. The summed E-state index contributed by atoms with van der Waals surface area (Å²) in [5, 5.41) is 1.01. The van der Waals surface area contributed by atoms with Crippen LogP contribution in [-0.4, -0.2) is 48.7 Å². The van der Waals surface area contributed by atoms with Crippen LogP contribution in [0.15, 0.2) is 24.3 Å². The first kappa shape index (κ1) is 13.0. The van der Waals surface area contributed by atoms with Crippen LogP contribution in [0.4, 0.5) is 0 Å². The fourth-order valence-corrected chi connectivity index (χ4v) is 2.53. The minimum atomic E-state index is 0.0240. The van der Waals surface area contributed by atoms with E-state index in [1.165, 1.54) is 0 Å². The van der Waals surface area contributed by atoms with Gasteiger partial charge >= 0.3 is 0 Å². The summed E-state index contributed by atoms with van der Waals surface area (Å²) in [6.45, 7) is 3.84. The molecule has 0 unspecified atom stereocenters. The monoisotopic (exact) mass is 274 g/mol. The largest absolute Gasteiger partial charge is 0.497 e. The lowest BCUT2D eigenvalue weighted by Gasteiger charge is -2.32. The molecule has 1 aromatic heterocycles. The number of hydrogen-bond donors (Lipinski definition) is 1. The SMILES string of the molecule is COc1ccc2cc(C(=O)N3CCOC[C@@H]3C)[nH]c2c1. The molecule has 5 nitrogen and oxygen atoms in total. The smallest absolute Gasteiger partial charge is 0.270 e. The number of carbonyl (C=O) groups is 1. The number of rotatable bonds is 2. The summed E-state index contributed by atoms with van der Waals surface area (Å²) in [6, 6.07) is 7.73. The lowest BCUT2D eigenvalue weighted by atomic mass is 10.2. The van der Waals surface area contributed by atoms with Crippen molar-refractivity contribution >= 4 is 16.8 Å². The molecule has 1 fully saturated rings. The first-order valence-electron chi connectivity index (χ1n) is 6.74. The molecule has 5 heteroatoms. The van der Waals surface area contributed by atoms with Gasteiger partial charge in [0.25, 0.3) is 5.91 Å². The second-order valence-corrected chi connectivity index (χ2v) is 5.06. The number of hydrogen-bond acceptors (Lipinski definition) is 3. The highest BCUT2D eigenvalue weighted by Gasteiger charge is 2.25. The van der Waals surface area contributed by atoms with Crippen molar-refractivity contribution in [2.75, 3.05) is 26.9 Å². The summed E-state index contributed by atoms with van der Waals surface area (Å²) in [5.41, 5.74) is 1.52. The summed E-state index contributed by atoms with van der Waals surface area (Å²) in [7, 11) is 1.63. The van der Waals surface area contributed by atoms with Gasteiger partial charge in [0, 0.05) is 23.5 Å². The summed E-state index contributed by atoms with van der Waals surface area (Å²) >= 11 is 0. The molecule has 3 rings (SSSR count). The van der Waals surface area contributed by atoms with Crippen LogP contribution in [0.5, 0.6) is 5.75 Å². The molecule has 1 aliphatic rings. The molecule has 0 aliphatic carbocycles. The number of ether oxygens (including phenoxy) is 2. The third-order valence-electron chi connectivity index (χ3n) is 3.69. The molecule has 0 spiro atoms. The topological polar surface area (TPSA) is 54.6 Å². The summed E-state index contributed by atoms with van der Waals surface area (Å²) in [4.78, 5) is 17.6. The van der Waals surface area contributed by atoms with Gasteiger partial charge in [0.1, 0.15) is 11.4 Å². The number of nitrogens with zero attached hydrogens (tertiary/aromatic N) is 1. The molecule has 1 aromatic carbocycles. The Morgan fingerprint density at radius 1 is 1.45 bits per heavy atom. The Kier molecular flexibility index (Phi) is 3.36. The molecule has 106 valence electrons. The number of carbonyl (C=O) groups excluding carboxylic acids is 1. The van der Waals surface area contributed by atoms with E-state index in [9.17, 15) is 4.79 Å². The average molecular weight is 274 g/mol. The number of aromatic amines is 1. The number of morpholine rings is 1. The van der Waals surface area contributed by atoms with Crippen molar-refractivity contribution < 1.29 is 14.3 Å². The molecule has 1 atom stereocenters. The molecular weight excluding hydrogens is 256 g/mol. The third-order valence-corrected chi connectivity index (χ3v) is 3.69. The number of nitrogens with one attached hydrogen (secondary N) is 1. The number of benzene rings is 1. The predicted octanol–water partition coefficient (Wildman–Crippen LogP) is 2.04. The lowest BCUT2D eigenvalue weighted by molar-refractivity contribution is 0.00332. The van der Waals surface area contributed by atoms with Gasteiger partial charge in [-0.15, -0.1) is 0 Å². The summed E-state index contributed by atoms with van der Waals surface area (Å²) in [5.74, 6) is 0.800. The highest BCUT2D eigenvalue weighted by atomic mass is 16.5. The molecule has 2 aromatic rings. The van der Waals surface area contributed by atoms with Crippen LogP contribution < -0.4 is 4.74 Å². The number of fused-ring (bicyclic) bond motifs is 1. The molecule has 0 saturated carbocycles. The van der Waals surface area contributed by atoms with Gasteiger partial charge in [-0.3, -0.25) is 4.79 Å². The molecular formula is C15H18N2O3. The van der Waals surface area contributed by atoms with E-state index in [2.05, 4.69) is 4.98 Å². The minimum Gasteiger partial charge on any atom is -0.497 e. The molecule has 0 radical (unpaired) electrons. The molecule has 2 heterocycles. The second kappa shape index (κ2) is 5.17. The van der Waals surface area contributed by atoms with E-state index >= 15 is 0 Å². The Morgan fingerprint density at radius 2 is 2.30 bits per heavy atom. The highest BCUT2D eigenvalue weighted by Crippen LogP contribution is 2.22. The normalized spacial score (nSPS) is 19.3. The van der Waals surface area contributed by atoms with E-state index in [-0.39, 0.29) is 11.9 Å². The van der Waals surface area contributed by atoms with Crippen molar-refractivity contribution in [1.29, 1.82) is 0 Å². The van der Waals surface area contributed by atoms with Crippen molar-refractivity contribution in [3.63, 3.8) is 0 Å². The number of H-pyrrole nitrogens is 1. The number of amides is 1. The Bertz CT molecular complexity index is 635. The van der Waals surface area contributed by atoms with E-state index < -0.39 is 0 Å². The zero-order valence-electron chi connectivity index (χ0n) is 11.7. The van der Waals surface area contributed by atoms with Crippen LogP contribution in [0.1, 0.15) is 17.4 Å². The van der Waals surface area contributed by atoms with Crippen molar-refractivity contribution in [1.82, 2.24) is 9.88 Å². The molecule has 20 heavy (non-hydrogen) atoms. The van der Waals surface area contributed by atoms with Gasteiger partial charge in [-0.2, -0.15) is 0 Å². The van der Waals surface area contributed by atoms with Gasteiger partial charge in [0.2, 0.25) is 0 Å². The van der Waals surface area contributed by atoms with Gasteiger partial charge in [-0.05, 0) is 25.1 Å². The Balaban J connectivity index is 1.91. The first-order valence-corrected chi connectivity index (χ1v) is 6.74. The van der Waals surface area contributed by atoms with Crippen LogP contribution in [0, 0.1) is 0 Å². The fraction of sp³-hybridized carbons (Fsp3) is 0.400. The van der Waals surface area contributed by atoms with E-state index in [0.717, 1.165) is 16.7 Å². The third kappa shape index (κ3) is 2.25. The fourth-order valence-electron chi connectivity index (χ4n) is 2.53. The van der Waals surface area contributed by atoms with Crippen LogP contribution >= 0.6 is 0 Å². The molecule has 1 amide bonds. The Hall–Kier alpha value is -2.01. The van der Waals surface area contributed by atoms with Gasteiger partial charge in [-0.25, -0.2) is 0 Å². The van der Waals surface area contributed by atoms with Gasteiger partial charge < -0.3 is 19.4 Å². The molecule has 0 bridgehead atoms. The van der Waals surface area contributed by atoms with Gasteiger partial charge in [-0.1, -0.05) is 0 Å². The minimum absolute atomic E-state index is 0.0240. The first-order chi connectivity index (χ1) is 9.69. The zero-order valence-corrected chi connectivity index (χ0v) is 11.7. The van der Waals surface area contributed by atoms with Crippen molar-refractivity contribution in [2.24, 2.45) is 0 Å². The molecule has 1 N–H and O–H groups in total. The maximum absolute atomic E-state index is 12.5. The second-order valence-electron chi connectivity index (χ2n) is 5.06. The standard InChI is InChI=1S/C15H18N2O3/c1-10-9-20-6-5-17(10)15(18)14-7-11-3-4-12(19-2)8-13(11)16-14/h3-4,7-8,10,16H,5-6,9H2,1-2H3/t10-/m0/s1. The number of aromatic nitrogens is 1. The van der Waals surface area contributed by atoms with Crippen LogP contribution in [0.2, 0.25) is 0 Å². The molecule has 1 aliphatic heterocycles. The lowest BCUT2D eigenvalue weighted by Crippen LogP contribution is -2.47. The van der Waals surface area contributed by atoms with Crippen molar-refractivity contribution in [2.45, 2.75) is 13.0 Å². The van der Waals surface area contributed by atoms with Gasteiger partial charge in [0.05, 0.1) is 26.4 Å². The van der Waals surface area contributed by atoms with Crippen LogP contribution in [0.3, 0.4) is 0 Å². The molecule has 1 saturated heterocycles. The van der Waals surface area contributed by atoms with Crippen molar-refractivity contribution in [3.8, 4) is 5.75 Å². The average Bonchev–Trinajstić information content (AvgIpc) is 2.89. The maximum atomic E-state index is 12.5. The van der Waals surface area contributed by atoms with E-state index in [0.29, 0.717) is 25.5 Å². The van der Waals surface area contributed by atoms with E-state index in [1.807, 2.05) is 36.1 Å². The van der Waals surface area contributed by atoms with Crippen molar-refractivity contribution in [3.05, 3.63) is 30.0 Å². The Labute approximate surface area is 117 Å². The highest BCUT2D eigenvalue weighted by molar-refractivity contribution is 5.98. The van der Waals surface area contributed by atoms with Crippen LogP contribution in [-0.2, 0) is 4.74 Å². The summed E-state index contributed by atoms with van der Waals surface area (Å²) < 4.78 is 10.6. The zero-order chi connectivity index (χ0) is 14.1. The van der Waals surface area contributed by atoms with E-state index in [4.69, 9.17) is 9.47 Å².